The number of aliphatic imine (C=N–C) groups is 1. The van der Waals surface area contributed by atoms with Crippen LogP contribution in [0.2, 0.25) is 5.02 Å². The van der Waals surface area contributed by atoms with Gasteiger partial charge in [-0.05, 0) is 50.2 Å². The SMILES string of the molecule is Cc1nn(C)c(C)c1CN=C(NC(=O)c1cccc(N(C)C)c1)Nc1cccc(Cl)c1. The number of carbonyl (C=O) groups is 1. The van der Waals surface area contributed by atoms with Crippen LogP contribution < -0.4 is 15.5 Å². The first-order valence-corrected chi connectivity index (χ1v) is 10.3. The van der Waals surface area contributed by atoms with Crippen molar-refractivity contribution in [1.82, 2.24) is 15.1 Å². The Kier molecular flexibility index (Phi) is 6.97. The molecule has 2 aromatic carbocycles. The third-order valence-electron chi connectivity index (χ3n) is 5.00. The molecular formula is C23H27ClN6O. The summed E-state index contributed by atoms with van der Waals surface area (Å²) in [5, 5.41) is 11.1. The molecule has 3 aromatic rings. The van der Waals surface area contributed by atoms with Crippen molar-refractivity contribution in [3.05, 3.63) is 76.1 Å². The number of aromatic nitrogens is 2. The molecule has 0 saturated carbocycles. The summed E-state index contributed by atoms with van der Waals surface area (Å²) in [6.45, 7) is 4.33. The number of aryl methyl sites for hydroxylation is 2. The number of halogens is 1. The average Bonchev–Trinajstić information content (AvgIpc) is 2.97. The highest BCUT2D eigenvalue weighted by Crippen LogP contribution is 2.17. The van der Waals surface area contributed by atoms with Gasteiger partial charge in [-0.25, -0.2) is 4.99 Å². The molecule has 0 bridgehead atoms. The molecule has 0 saturated heterocycles. The van der Waals surface area contributed by atoms with Gasteiger partial charge in [0.05, 0.1) is 12.2 Å². The molecule has 0 spiro atoms. The van der Waals surface area contributed by atoms with Crippen LogP contribution in [0.5, 0.6) is 0 Å². The van der Waals surface area contributed by atoms with Gasteiger partial charge in [-0.3, -0.25) is 14.8 Å². The molecule has 0 atom stereocenters. The third-order valence-corrected chi connectivity index (χ3v) is 5.23. The van der Waals surface area contributed by atoms with Gasteiger partial charge in [-0.15, -0.1) is 0 Å². The summed E-state index contributed by atoms with van der Waals surface area (Å²) in [7, 11) is 5.77. The topological polar surface area (TPSA) is 74.5 Å². The van der Waals surface area contributed by atoms with Gasteiger partial charge in [-0.1, -0.05) is 23.7 Å². The van der Waals surface area contributed by atoms with Gasteiger partial charge in [0.25, 0.3) is 5.91 Å². The van der Waals surface area contributed by atoms with E-state index in [4.69, 9.17) is 11.6 Å². The highest BCUT2D eigenvalue weighted by molar-refractivity contribution is 6.31. The zero-order chi connectivity index (χ0) is 22.5. The maximum Gasteiger partial charge on any atom is 0.258 e. The van der Waals surface area contributed by atoms with E-state index in [1.165, 1.54) is 0 Å². The van der Waals surface area contributed by atoms with Crippen molar-refractivity contribution in [2.24, 2.45) is 12.0 Å². The molecule has 3 rings (SSSR count). The summed E-state index contributed by atoms with van der Waals surface area (Å²) in [4.78, 5) is 19.5. The molecule has 0 fully saturated rings. The number of hydrogen-bond donors (Lipinski definition) is 2. The third kappa shape index (κ3) is 5.64. The Morgan fingerprint density at radius 1 is 1.16 bits per heavy atom. The van der Waals surface area contributed by atoms with Crippen molar-refractivity contribution in [1.29, 1.82) is 0 Å². The standard InChI is InChI=1S/C23H27ClN6O/c1-15-21(16(2)30(5)28-15)14-25-23(26-19-10-7-9-18(24)13-19)27-22(31)17-8-6-11-20(12-17)29(3)4/h6-13H,14H2,1-5H3,(H2,25,26,27,31). The molecule has 2 N–H and O–H groups in total. The van der Waals surface area contributed by atoms with E-state index in [1.807, 2.05) is 74.9 Å². The van der Waals surface area contributed by atoms with E-state index in [0.29, 0.717) is 23.1 Å². The Bertz CT molecular complexity index is 1120. The van der Waals surface area contributed by atoms with E-state index in [1.54, 1.807) is 18.2 Å². The van der Waals surface area contributed by atoms with Gasteiger partial charge >= 0.3 is 0 Å². The lowest BCUT2D eigenvalue weighted by atomic mass is 10.2. The number of guanidine groups is 1. The van der Waals surface area contributed by atoms with Crippen molar-refractivity contribution in [2.75, 3.05) is 24.3 Å². The predicted molar refractivity (Wildman–Crippen MR) is 127 cm³/mol. The second-order valence-corrected chi connectivity index (χ2v) is 7.91. The van der Waals surface area contributed by atoms with Crippen molar-refractivity contribution in [3.63, 3.8) is 0 Å². The first kappa shape index (κ1) is 22.4. The molecule has 31 heavy (non-hydrogen) atoms. The quantitative estimate of drug-likeness (QED) is 0.463. The normalized spacial score (nSPS) is 11.4. The maximum atomic E-state index is 12.9. The van der Waals surface area contributed by atoms with Gasteiger partial charge in [0.15, 0.2) is 0 Å². The highest BCUT2D eigenvalue weighted by atomic mass is 35.5. The minimum absolute atomic E-state index is 0.253. The van der Waals surface area contributed by atoms with Crippen LogP contribution in [0.25, 0.3) is 0 Å². The van der Waals surface area contributed by atoms with Crippen LogP contribution >= 0.6 is 11.6 Å². The number of benzene rings is 2. The fraction of sp³-hybridized carbons (Fsp3) is 0.261. The molecule has 0 unspecified atom stereocenters. The molecule has 1 amide bonds. The van der Waals surface area contributed by atoms with Gasteiger partial charge in [0, 0.05) is 54.4 Å². The zero-order valence-corrected chi connectivity index (χ0v) is 19.2. The number of anilines is 2. The molecule has 7 nitrogen and oxygen atoms in total. The summed E-state index contributed by atoms with van der Waals surface area (Å²) in [6.07, 6.45) is 0. The van der Waals surface area contributed by atoms with E-state index >= 15 is 0 Å². The van der Waals surface area contributed by atoms with Gasteiger partial charge in [0.2, 0.25) is 5.96 Å². The maximum absolute atomic E-state index is 12.9. The number of nitrogens with zero attached hydrogens (tertiary/aromatic N) is 4. The number of rotatable bonds is 5. The number of amides is 1. The Hall–Kier alpha value is -3.32. The fourth-order valence-corrected chi connectivity index (χ4v) is 3.31. The monoisotopic (exact) mass is 438 g/mol. The molecule has 8 heteroatoms. The Morgan fingerprint density at radius 3 is 2.55 bits per heavy atom. The lowest BCUT2D eigenvalue weighted by Crippen LogP contribution is -2.36. The van der Waals surface area contributed by atoms with Crippen LogP contribution in [0, 0.1) is 13.8 Å². The Labute approximate surface area is 187 Å². The first-order chi connectivity index (χ1) is 14.7. The second kappa shape index (κ2) is 9.66. The van der Waals surface area contributed by atoms with Gasteiger partial charge < -0.3 is 10.2 Å². The van der Waals surface area contributed by atoms with Gasteiger partial charge in [0.1, 0.15) is 0 Å². The number of nitrogens with one attached hydrogen (secondary N) is 2. The van der Waals surface area contributed by atoms with E-state index < -0.39 is 0 Å². The summed E-state index contributed by atoms with van der Waals surface area (Å²) >= 11 is 6.11. The van der Waals surface area contributed by atoms with Crippen molar-refractivity contribution < 1.29 is 4.79 Å². The molecular weight excluding hydrogens is 412 g/mol. The lowest BCUT2D eigenvalue weighted by Gasteiger charge is -2.15. The molecule has 1 heterocycles. The van der Waals surface area contributed by atoms with Crippen LogP contribution in [0.15, 0.2) is 53.5 Å². The summed E-state index contributed by atoms with van der Waals surface area (Å²) < 4.78 is 1.83. The summed E-state index contributed by atoms with van der Waals surface area (Å²) in [5.41, 5.74) is 5.19. The highest BCUT2D eigenvalue weighted by Gasteiger charge is 2.13. The van der Waals surface area contributed by atoms with Crippen LogP contribution in [0.1, 0.15) is 27.3 Å². The summed E-state index contributed by atoms with van der Waals surface area (Å²) in [5.74, 6) is 0.0850. The van der Waals surface area contributed by atoms with Crippen LogP contribution in [0.3, 0.4) is 0 Å². The van der Waals surface area contributed by atoms with E-state index in [-0.39, 0.29) is 5.91 Å². The first-order valence-electron chi connectivity index (χ1n) is 9.89. The van der Waals surface area contributed by atoms with Crippen molar-refractivity contribution in [3.8, 4) is 0 Å². The van der Waals surface area contributed by atoms with Crippen LogP contribution in [-0.4, -0.2) is 35.7 Å². The van der Waals surface area contributed by atoms with E-state index in [0.717, 1.165) is 28.3 Å². The van der Waals surface area contributed by atoms with Crippen molar-refractivity contribution in [2.45, 2.75) is 20.4 Å². The van der Waals surface area contributed by atoms with Gasteiger partial charge in [-0.2, -0.15) is 5.10 Å². The molecule has 0 aliphatic rings. The molecule has 0 aliphatic heterocycles. The van der Waals surface area contributed by atoms with E-state index in [2.05, 4.69) is 20.7 Å². The number of carbonyl (C=O) groups excluding carboxylic acids is 1. The predicted octanol–water partition coefficient (Wildman–Crippen LogP) is 4.15. The minimum Gasteiger partial charge on any atom is -0.378 e. The molecule has 162 valence electrons. The molecule has 0 aliphatic carbocycles. The van der Waals surface area contributed by atoms with E-state index in [9.17, 15) is 4.79 Å². The smallest absolute Gasteiger partial charge is 0.258 e. The minimum atomic E-state index is -0.253. The fourth-order valence-electron chi connectivity index (χ4n) is 3.12. The van der Waals surface area contributed by atoms with Crippen LogP contribution in [0.4, 0.5) is 11.4 Å². The zero-order valence-electron chi connectivity index (χ0n) is 18.4. The lowest BCUT2D eigenvalue weighted by molar-refractivity contribution is 0.0977. The number of hydrogen-bond acceptors (Lipinski definition) is 4. The Morgan fingerprint density at radius 2 is 1.90 bits per heavy atom. The molecule has 0 radical (unpaired) electrons. The summed E-state index contributed by atoms with van der Waals surface area (Å²) in [6, 6.07) is 14.7. The molecule has 1 aromatic heterocycles. The Balaban J connectivity index is 1.87. The second-order valence-electron chi connectivity index (χ2n) is 7.47. The van der Waals surface area contributed by atoms with Crippen molar-refractivity contribution >= 4 is 34.8 Å². The average molecular weight is 439 g/mol. The van der Waals surface area contributed by atoms with Crippen LogP contribution in [-0.2, 0) is 13.6 Å². The largest absolute Gasteiger partial charge is 0.378 e.